The van der Waals surface area contributed by atoms with Gasteiger partial charge < -0.3 is 9.47 Å². The monoisotopic (exact) mass is 172 g/mol. The first kappa shape index (κ1) is 9.52. The molecule has 0 atom stereocenters. The maximum absolute atomic E-state index is 10.5. The van der Waals surface area contributed by atoms with E-state index in [1.165, 1.54) is 6.92 Å². The SMILES string of the molecule is CCC1(CCOC(C)=O)COC1. The molecule has 1 heterocycles. The zero-order valence-corrected chi connectivity index (χ0v) is 7.76. The zero-order valence-electron chi connectivity index (χ0n) is 7.76. The second kappa shape index (κ2) is 3.90. The third kappa shape index (κ3) is 2.21. The molecular formula is C9H16O3. The van der Waals surface area contributed by atoms with Crippen LogP contribution in [0, 0.1) is 5.41 Å². The highest BCUT2D eigenvalue weighted by Gasteiger charge is 2.36. The van der Waals surface area contributed by atoms with E-state index in [4.69, 9.17) is 9.47 Å². The van der Waals surface area contributed by atoms with Crippen molar-refractivity contribution >= 4 is 5.97 Å². The highest BCUT2D eigenvalue weighted by Crippen LogP contribution is 2.34. The van der Waals surface area contributed by atoms with E-state index in [1.54, 1.807) is 0 Å². The van der Waals surface area contributed by atoms with E-state index in [-0.39, 0.29) is 5.97 Å². The van der Waals surface area contributed by atoms with Crippen LogP contribution < -0.4 is 0 Å². The van der Waals surface area contributed by atoms with E-state index >= 15 is 0 Å². The van der Waals surface area contributed by atoms with Gasteiger partial charge in [-0.25, -0.2) is 0 Å². The number of hydrogen-bond acceptors (Lipinski definition) is 3. The molecular weight excluding hydrogens is 156 g/mol. The smallest absolute Gasteiger partial charge is 0.302 e. The van der Waals surface area contributed by atoms with Crippen LogP contribution in [0.2, 0.25) is 0 Å². The second-order valence-corrected chi connectivity index (χ2v) is 3.44. The lowest BCUT2D eigenvalue weighted by molar-refractivity contribution is -0.149. The summed E-state index contributed by atoms with van der Waals surface area (Å²) >= 11 is 0. The van der Waals surface area contributed by atoms with Crippen molar-refractivity contribution < 1.29 is 14.3 Å². The van der Waals surface area contributed by atoms with Gasteiger partial charge in [-0.3, -0.25) is 4.79 Å². The minimum atomic E-state index is -0.193. The van der Waals surface area contributed by atoms with E-state index in [1.807, 2.05) is 0 Å². The van der Waals surface area contributed by atoms with Crippen molar-refractivity contribution in [2.75, 3.05) is 19.8 Å². The van der Waals surface area contributed by atoms with Crippen LogP contribution in [0.25, 0.3) is 0 Å². The maximum atomic E-state index is 10.5. The Labute approximate surface area is 73.0 Å². The van der Waals surface area contributed by atoms with Crippen molar-refractivity contribution in [1.82, 2.24) is 0 Å². The molecule has 0 aromatic carbocycles. The second-order valence-electron chi connectivity index (χ2n) is 3.44. The molecule has 0 bridgehead atoms. The Morgan fingerprint density at radius 3 is 2.58 bits per heavy atom. The standard InChI is InChI=1S/C9H16O3/c1-3-9(6-11-7-9)4-5-12-8(2)10/h3-7H2,1-2H3. The molecule has 0 aromatic rings. The molecule has 0 spiro atoms. The third-order valence-electron chi connectivity index (χ3n) is 2.50. The van der Waals surface area contributed by atoms with E-state index < -0.39 is 0 Å². The van der Waals surface area contributed by atoms with E-state index in [2.05, 4.69) is 6.92 Å². The molecule has 0 aliphatic carbocycles. The van der Waals surface area contributed by atoms with Crippen LogP contribution in [0.4, 0.5) is 0 Å². The summed E-state index contributed by atoms with van der Waals surface area (Å²) in [7, 11) is 0. The van der Waals surface area contributed by atoms with Crippen LogP contribution in [-0.4, -0.2) is 25.8 Å². The molecule has 1 rings (SSSR count). The van der Waals surface area contributed by atoms with Crippen molar-refractivity contribution in [1.29, 1.82) is 0 Å². The van der Waals surface area contributed by atoms with Crippen molar-refractivity contribution in [2.45, 2.75) is 26.7 Å². The van der Waals surface area contributed by atoms with Crippen LogP contribution in [0.15, 0.2) is 0 Å². The van der Waals surface area contributed by atoms with Crippen molar-refractivity contribution in [3.8, 4) is 0 Å². The number of esters is 1. The lowest BCUT2D eigenvalue weighted by atomic mass is 9.80. The van der Waals surface area contributed by atoms with Gasteiger partial charge >= 0.3 is 5.97 Å². The molecule has 3 heteroatoms. The number of ether oxygens (including phenoxy) is 2. The Morgan fingerprint density at radius 2 is 2.25 bits per heavy atom. The van der Waals surface area contributed by atoms with Crippen LogP contribution in [0.3, 0.4) is 0 Å². The largest absolute Gasteiger partial charge is 0.466 e. The average Bonchev–Trinajstić information content (AvgIpc) is 1.94. The minimum Gasteiger partial charge on any atom is -0.466 e. The molecule has 1 aliphatic rings. The first-order valence-electron chi connectivity index (χ1n) is 4.40. The van der Waals surface area contributed by atoms with Crippen molar-refractivity contribution in [3.63, 3.8) is 0 Å². The van der Waals surface area contributed by atoms with Gasteiger partial charge in [-0.05, 0) is 12.8 Å². The van der Waals surface area contributed by atoms with E-state index in [9.17, 15) is 4.79 Å². The first-order chi connectivity index (χ1) is 5.68. The predicted octanol–water partition coefficient (Wildman–Crippen LogP) is 1.37. The van der Waals surface area contributed by atoms with Gasteiger partial charge in [-0.15, -0.1) is 0 Å². The van der Waals surface area contributed by atoms with Crippen LogP contribution in [-0.2, 0) is 14.3 Å². The fourth-order valence-electron chi connectivity index (χ4n) is 1.33. The summed E-state index contributed by atoms with van der Waals surface area (Å²) in [6.45, 7) is 5.77. The predicted molar refractivity (Wildman–Crippen MR) is 44.8 cm³/mol. The molecule has 0 amide bonds. The minimum absolute atomic E-state index is 0.193. The molecule has 3 nitrogen and oxygen atoms in total. The summed E-state index contributed by atoms with van der Waals surface area (Å²) in [6.07, 6.45) is 2.04. The van der Waals surface area contributed by atoms with E-state index in [0.29, 0.717) is 12.0 Å². The van der Waals surface area contributed by atoms with Gasteiger partial charge in [0.05, 0.1) is 19.8 Å². The van der Waals surface area contributed by atoms with Gasteiger partial charge in [-0.1, -0.05) is 6.92 Å². The molecule has 0 aromatic heterocycles. The summed E-state index contributed by atoms with van der Waals surface area (Å²) in [5, 5.41) is 0. The summed E-state index contributed by atoms with van der Waals surface area (Å²) in [6, 6.07) is 0. The molecule has 1 saturated heterocycles. The highest BCUT2D eigenvalue weighted by molar-refractivity contribution is 5.65. The third-order valence-corrected chi connectivity index (χ3v) is 2.50. The Hall–Kier alpha value is -0.570. The van der Waals surface area contributed by atoms with E-state index in [0.717, 1.165) is 26.1 Å². The van der Waals surface area contributed by atoms with Gasteiger partial charge in [0.1, 0.15) is 0 Å². The molecule has 0 unspecified atom stereocenters. The summed E-state index contributed by atoms with van der Waals surface area (Å²) in [5.74, 6) is -0.193. The van der Waals surface area contributed by atoms with Gasteiger partial charge in [0.2, 0.25) is 0 Å². The lowest BCUT2D eigenvalue weighted by Gasteiger charge is -2.40. The molecule has 0 radical (unpaired) electrons. The topological polar surface area (TPSA) is 35.5 Å². The van der Waals surface area contributed by atoms with Crippen molar-refractivity contribution in [2.24, 2.45) is 5.41 Å². The first-order valence-corrected chi connectivity index (χ1v) is 4.40. The molecule has 70 valence electrons. The van der Waals surface area contributed by atoms with Crippen molar-refractivity contribution in [3.05, 3.63) is 0 Å². The van der Waals surface area contributed by atoms with Gasteiger partial charge in [0, 0.05) is 12.3 Å². The average molecular weight is 172 g/mol. The quantitative estimate of drug-likeness (QED) is 0.601. The Bertz CT molecular complexity index is 156. The normalized spacial score (nSPS) is 19.8. The molecule has 0 saturated carbocycles. The Morgan fingerprint density at radius 1 is 1.58 bits per heavy atom. The van der Waals surface area contributed by atoms with Crippen LogP contribution >= 0.6 is 0 Å². The summed E-state index contributed by atoms with van der Waals surface area (Å²) < 4.78 is 10.0. The number of carbonyl (C=O) groups excluding carboxylic acids is 1. The zero-order chi connectivity index (χ0) is 9.03. The van der Waals surface area contributed by atoms with Gasteiger partial charge in [0.15, 0.2) is 0 Å². The van der Waals surface area contributed by atoms with Crippen LogP contribution in [0.5, 0.6) is 0 Å². The van der Waals surface area contributed by atoms with Crippen LogP contribution in [0.1, 0.15) is 26.7 Å². The fourth-order valence-corrected chi connectivity index (χ4v) is 1.33. The molecule has 1 fully saturated rings. The summed E-state index contributed by atoms with van der Waals surface area (Å²) in [5.41, 5.74) is 0.301. The molecule has 1 aliphatic heterocycles. The number of carbonyl (C=O) groups is 1. The maximum Gasteiger partial charge on any atom is 0.302 e. The molecule has 12 heavy (non-hydrogen) atoms. The Kier molecular flexibility index (Phi) is 3.09. The number of hydrogen-bond donors (Lipinski definition) is 0. The van der Waals surface area contributed by atoms with Gasteiger partial charge in [-0.2, -0.15) is 0 Å². The Balaban J connectivity index is 2.16. The number of rotatable bonds is 4. The summed E-state index contributed by atoms with van der Waals surface area (Å²) in [4.78, 5) is 10.5. The lowest BCUT2D eigenvalue weighted by Crippen LogP contribution is -2.42. The fraction of sp³-hybridized carbons (Fsp3) is 0.889. The molecule has 0 N–H and O–H groups in total. The highest BCUT2D eigenvalue weighted by atomic mass is 16.5. The van der Waals surface area contributed by atoms with Gasteiger partial charge in [0.25, 0.3) is 0 Å².